The molecule has 4 rings (SSSR count). The average molecular weight is 367 g/mol. The first-order chi connectivity index (χ1) is 12.8. The number of thiazole rings is 1. The van der Waals surface area contributed by atoms with Gasteiger partial charge in [-0.05, 0) is 37.4 Å². The summed E-state index contributed by atoms with van der Waals surface area (Å²) in [5.74, 6) is 0.952. The van der Waals surface area contributed by atoms with Crippen molar-refractivity contribution in [2.75, 3.05) is 6.54 Å². The average Bonchev–Trinajstić information content (AvgIpc) is 3.41. The van der Waals surface area contributed by atoms with E-state index in [-0.39, 0.29) is 11.9 Å². The topological polar surface area (TPSA) is 81.1 Å². The number of nitrogens with one attached hydrogen (secondary N) is 1. The van der Waals surface area contributed by atoms with E-state index in [1.165, 1.54) is 11.3 Å². The Labute approximate surface area is 156 Å². The minimum absolute atomic E-state index is 0.0792. The van der Waals surface area contributed by atoms with Crippen LogP contribution in [0, 0.1) is 5.92 Å². The predicted octanol–water partition coefficient (Wildman–Crippen LogP) is 3.93. The van der Waals surface area contributed by atoms with Crippen molar-refractivity contribution in [3.05, 3.63) is 53.6 Å². The van der Waals surface area contributed by atoms with Gasteiger partial charge in [-0.2, -0.15) is 0 Å². The Morgan fingerprint density at radius 1 is 1.23 bits per heavy atom. The van der Waals surface area contributed by atoms with Gasteiger partial charge in [-0.3, -0.25) is 4.79 Å². The van der Waals surface area contributed by atoms with Crippen molar-refractivity contribution in [2.24, 2.45) is 11.7 Å². The molecule has 3 N–H and O–H groups in total. The summed E-state index contributed by atoms with van der Waals surface area (Å²) in [6, 6.07) is 13.6. The molecule has 0 spiro atoms. The normalized spacial score (nSPS) is 19.6. The lowest BCUT2D eigenvalue weighted by atomic mass is 10.0. The molecule has 1 aliphatic carbocycles. The van der Waals surface area contributed by atoms with E-state index in [1.54, 1.807) is 6.26 Å². The number of rotatable bonds is 5. The minimum Gasteiger partial charge on any atom is -0.462 e. The third-order valence-electron chi connectivity index (χ3n) is 4.89. The first-order valence-electron chi connectivity index (χ1n) is 8.87. The Kier molecular flexibility index (Phi) is 4.86. The Morgan fingerprint density at radius 3 is 2.81 bits per heavy atom. The number of benzene rings is 1. The van der Waals surface area contributed by atoms with Gasteiger partial charge >= 0.3 is 0 Å². The molecule has 0 bridgehead atoms. The van der Waals surface area contributed by atoms with Crippen LogP contribution in [0.15, 0.2) is 53.1 Å². The van der Waals surface area contributed by atoms with E-state index in [0.29, 0.717) is 33.8 Å². The maximum Gasteiger partial charge on any atom is 0.263 e. The first kappa shape index (κ1) is 17.0. The zero-order valence-corrected chi connectivity index (χ0v) is 15.2. The van der Waals surface area contributed by atoms with Gasteiger partial charge in [0, 0.05) is 11.6 Å². The molecular weight excluding hydrogens is 346 g/mol. The number of nitrogens with two attached hydrogens (primary N) is 1. The van der Waals surface area contributed by atoms with Crippen molar-refractivity contribution in [1.82, 2.24) is 10.3 Å². The molecular formula is C20H21N3O2S. The summed E-state index contributed by atoms with van der Waals surface area (Å²) in [5, 5.41) is 3.89. The highest BCUT2D eigenvalue weighted by Crippen LogP contribution is 2.34. The summed E-state index contributed by atoms with van der Waals surface area (Å²) in [6.45, 7) is 0.608. The van der Waals surface area contributed by atoms with Crippen LogP contribution in [-0.2, 0) is 0 Å². The highest BCUT2D eigenvalue weighted by molar-refractivity contribution is 7.17. The monoisotopic (exact) mass is 367 g/mol. The molecule has 5 nitrogen and oxygen atoms in total. The molecule has 0 radical (unpaired) electrons. The Balaban J connectivity index is 1.68. The summed E-state index contributed by atoms with van der Waals surface area (Å²) in [6.07, 6.45) is 4.78. The number of nitrogens with zero attached hydrogens (tertiary/aromatic N) is 1. The van der Waals surface area contributed by atoms with Gasteiger partial charge in [0.2, 0.25) is 0 Å². The van der Waals surface area contributed by atoms with E-state index in [4.69, 9.17) is 15.1 Å². The third kappa shape index (κ3) is 3.30. The van der Waals surface area contributed by atoms with Crippen LogP contribution in [0.5, 0.6) is 0 Å². The van der Waals surface area contributed by atoms with E-state index in [1.807, 2.05) is 42.5 Å². The highest BCUT2D eigenvalue weighted by Gasteiger charge is 2.29. The fourth-order valence-electron chi connectivity index (χ4n) is 3.51. The maximum absolute atomic E-state index is 13.0. The Hall–Kier alpha value is -2.44. The lowest BCUT2D eigenvalue weighted by Gasteiger charge is -2.19. The molecule has 2 unspecified atom stereocenters. The summed E-state index contributed by atoms with van der Waals surface area (Å²) >= 11 is 1.36. The smallest absolute Gasteiger partial charge is 0.263 e. The highest BCUT2D eigenvalue weighted by atomic mass is 32.1. The fourth-order valence-corrected chi connectivity index (χ4v) is 4.47. The van der Waals surface area contributed by atoms with Crippen LogP contribution in [0.4, 0.5) is 0 Å². The number of amides is 1. The quantitative estimate of drug-likeness (QED) is 0.716. The predicted molar refractivity (Wildman–Crippen MR) is 103 cm³/mol. The molecule has 26 heavy (non-hydrogen) atoms. The summed E-state index contributed by atoms with van der Waals surface area (Å²) in [5.41, 5.74) is 7.48. The van der Waals surface area contributed by atoms with Gasteiger partial charge in [-0.25, -0.2) is 4.98 Å². The number of carbonyl (C=O) groups excluding carboxylic acids is 1. The number of carbonyl (C=O) groups is 1. The van der Waals surface area contributed by atoms with E-state index in [2.05, 4.69) is 5.32 Å². The zero-order valence-electron chi connectivity index (χ0n) is 14.4. The number of hydrogen-bond donors (Lipinski definition) is 2. The number of hydrogen-bond acceptors (Lipinski definition) is 5. The molecule has 2 aromatic heterocycles. The second-order valence-corrected chi connectivity index (χ2v) is 7.55. The summed E-state index contributed by atoms with van der Waals surface area (Å²) in [7, 11) is 0. The lowest BCUT2D eigenvalue weighted by Crippen LogP contribution is -2.39. The number of furan rings is 1. The Bertz CT molecular complexity index is 874. The molecule has 1 fully saturated rings. The van der Waals surface area contributed by atoms with Gasteiger partial charge in [0.15, 0.2) is 10.8 Å². The lowest BCUT2D eigenvalue weighted by molar-refractivity contribution is 0.0933. The summed E-state index contributed by atoms with van der Waals surface area (Å²) < 4.78 is 5.47. The van der Waals surface area contributed by atoms with Crippen molar-refractivity contribution >= 4 is 17.2 Å². The van der Waals surface area contributed by atoms with Crippen LogP contribution in [0.2, 0.25) is 0 Å². The van der Waals surface area contributed by atoms with Gasteiger partial charge in [-0.15, -0.1) is 11.3 Å². The van der Waals surface area contributed by atoms with Gasteiger partial charge in [0.25, 0.3) is 5.91 Å². The van der Waals surface area contributed by atoms with Gasteiger partial charge in [0.05, 0.1) is 12.0 Å². The van der Waals surface area contributed by atoms with Crippen molar-refractivity contribution in [3.8, 4) is 22.0 Å². The first-order valence-corrected chi connectivity index (χ1v) is 9.69. The second kappa shape index (κ2) is 7.43. The van der Waals surface area contributed by atoms with Crippen molar-refractivity contribution in [3.63, 3.8) is 0 Å². The fraction of sp³-hybridized carbons (Fsp3) is 0.300. The molecule has 1 amide bonds. The van der Waals surface area contributed by atoms with Crippen molar-refractivity contribution in [2.45, 2.75) is 25.3 Å². The molecule has 134 valence electrons. The SMILES string of the molecule is NCC1CCCC1NC(=O)c1sc(-c2ccco2)nc1-c1ccccc1. The van der Waals surface area contributed by atoms with Gasteiger partial charge in [-0.1, -0.05) is 36.8 Å². The van der Waals surface area contributed by atoms with Crippen LogP contribution in [-0.4, -0.2) is 23.5 Å². The van der Waals surface area contributed by atoms with Crippen LogP contribution in [0.1, 0.15) is 28.9 Å². The molecule has 1 aromatic carbocycles. The standard InChI is InChI=1S/C20H21N3O2S/c21-12-14-8-4-9-15(14)22-19(24)18-17(13-6-2-1-3-7-13)23-20(26-18)16-10-5-11-25-16/h1-3,5-7,10-11,14-15H,4,8-9,12,21H2,(H,22,24). The van der Waals surface area contributed by atoms with Crippen LogP contribution in [0.25, 0.3) is 22.0 Å². The van der Waals surface area contributed by atoms with Crippen LogP contribution in [0.3, 0.4) is 0 Å². The van der Waals surface area contributed by atoms with E-state index in [9.17, 15) is 4.79 Å². The van der Waals surface area contributed by atoms with E-state index < -0.39 is 0 Å². The largest absolute Gasteiger partial charge is 0.462 e. The zero-order chi connectivity index (χ0) is 17.9. The third-order valence-corrected chi connectivity index (χ3v) is 5.96. The van der Waals surface area contributed by atoms with Gasteiger partial charge in [0.1, 0.15) is 4.88 Å². The number of aromatic nitrogens is 1. The van der Waals surface area contributed by atoms with Crippen molar-refractivity contribution in [1.29, 1.82) is 0 Å². The minimum atomic E-state index is -0.0792. The van der Waals surface area contributed by atoms with Gasteiger partial charge < -0.3 is 15.5 Å². The molecule has 0 saturated heterocycles. The summed E-state index contributed by atoms with van der Waals surface area (Å²) in [4.78, 5) is 18.3. The van der Waals surface area contributed by atoms with E-state index >= 15 is 0 Å². The molecule has 2 atom stereocenters. The van der Waals surface area contributed by atoms with Crippen molar-refractivity contribution < 1.29 is 9.21 Å². The molecule has 2 heterocycles. The Morgan fingerprint density at radius 2 is 2.08 bits per heavy atom. The molecule has 6 heteroatoms. The van der Waals surface area contributed by atoms with Crippen LogP contribution < -0.4 is 11.1 Å². The maximum atomic E-state index is 13.0. The molecule has 1 aliphatic rings. The second-order valence-electron chi connectivity index (χ2n) is 6.55. The van der Waals surface area contributed by atoms with E-state index in [0.717, 1.165) is 24.8 Å². The molecule has 3 aromatic rings. The van der Waals surface area contributed by atoms with Crippen LogP contribution >= 0.6 is 11.3 Å². The molecule has 1 saturated carbocycles. The molecule has 0 aliphatic heterocycles.